The predicted molar refractivity (Wildman–Crippen MR) is 89.5 cm³/mol. The molecule has 1 heteroatoms. The molecule has 110 valence electrons. The van der Waals surface area contributed by atoms with Crippen LogP contribution in [0.2, 0.25) is 0 Å². The molecule has 0 radical (unpaired) electrons. The fourth-order valence-electron chi connectivity index (χ4n) is 3.29. The Bertz CT molecular complexity index is 452. The van der Waals surface area contributed by atoms with Crippen LogP contribution < -0.4 is 0 Å². The molecule has 3 aliphatic heterocycles. The molecule has 5 rings (SSSR count). The number of benzene rings is 2. The van der Waals surface area contributed by atoms with Gasteiger partial charge in [-0.25, -0.2) is 0 Å². The van der Waals surface area contributed by atoms with Crippen LogP contribution in [0, 0.1) is 5.92 Å². The van der Waals surface area contributed by atoms with E-state index < -0.39 is 0 Å². The Morgan fingerprint density at radius 3 is 1.38 bits per heavy atom. The Morgan fingerprint density at radius 1 is 0.667 bits per heavy atom. The van der Waals surface area contributed by atoms with E-state index >= 15 is 0 Å². The van der Waals surface area contributed by atoms with Gasteiger partial charge in [-0.05, 0) is 62.4 Å². The number of nitrogens with zero attached hydrogens (tertiary/aromatic N) is 1. The summed E-state index contributed by atoms with van der Waals surface area (Å²) in [5.41, 5.74) is 2.74. The monoisotopic (exact) mass is 279 g/mol. The van der Waals surface area contributed by atoms with Gasteiger partial charge in [-0.15, -0.1) is 0 Å². The standard InChI is InChI=1S/C13H12.C7H13N/c1-3-7-12(8-4-1)11-13-9-5-2-6-10-13;1-4-8-5-2-7(1)3-6-8/h1-10H,11H2;7H,1-6H2. The number of rotatable bonds is 2. The van der Waals surface area contributed by atoms with Gasteiger partial charge in [0.1, 0.15) is 0 Å². The van der Waals surface area contributed by atoms with E-state index in [9.17, 15) is 0 Å². The highest BCUT2D eigenvalue weighted by atomic mass is 15.1. The van der Waals surface area contributed by atoms with Crippen molar-refractivity contribution in [1.29, 1.82) is 0 Å². The van der Waals surface area contributed by atoms with Gasteiger partial charge in [-0.1, -0.05) is 60.7 Å². The van der Waals surface area contributed by atoms with Gasteiger partial charge in [0, 0.05) is 0 Å². The summed E-state index contributed by atoms with van der Waals surface area (Å²) in [6, 6.07) is 21.1. The minimum atomic E-state index is 1.03. The van der Waals surface area contributed by atoms with Gasteiger partial charge in [0.15, 0.2) is 0 Å². The van der Waals surface area contributed by atoms with Gasteiger partial charge in [0.2, 0.25) is 0 Å². The Kier molecular flexibility index (Phi) is 5.07. The molecule has 0 atom stereocenters. The molecule has 3 saturated heterocycles. The molecule has 3 fully saturated rings. The average molecular weight is 279 g/mol. The smallest absolute Gasteiger partial charge is 0.00161 e. The lowest BCUT2D eigenvalue weighted by molar-refractivity contribution is 0.111. The van der Waals surface area contributed by atoms with E-state index in [0.717, 1.165) is 12.3 Å². The first-order chi connectivity index (χ1) is 10.4. The lowest BCUT2D eigenvalue weighted by atomic mass is 9.89. The molecule has 0 saturated carbocycles. The van der Waals surface area contributed by atoms with Crippen LogP contribution in [0.15, 0.2) is 60.7 Å². The largest absolute Gasteiger partial charge is 0.303 e. The van der Waals surface area contributed by atoms with Crippen LogP contribution in [0.1, 0.15) is 30.4 Å². The molecule has 0 aliphatic carbocycles. The average Bonchev–Trinajstić information content (AvgIpc) is 2.59. The Morgan fingerprint density at radius 2 is 1.10 bits per heavy atom. The summed E-state index contributed by atoms with van der Waals surface area (Å²) in [4.78, 5) is 2.58. The van der Waals surface area contributed by atoms with Gasteiger partial charge in [0.05, 0.1) is 0 Å². The summed E-state index contributed by atoms with van der Waals surface area (Å²) in [5, 5.41) is 0. The van der Waals surface area contributed by atoms with Gasteiger partial charge in [0.25, 0.3) is 0 Å². The Balaban J connectivity index is 0.000000140. The summed E-state index contributed by atoms with van der Waals surface area (Å²) < 4.78 is 0. The van der Waals surface area contributed by atoms with Gasteiger partial charge >= 0.3 is 0 Å². The van der Waals surface area contributed by atoms with Crippen LogP contribution >= 0.6 is 0 Å². The molecular formula is C20H25N. The van der Waals surface area contributed by atoms with E-state index in [2.05, 4.69) is 65.6 Å². The van der Waals surface area contributed by atoms with E-state index in [1.165, 1.54) is 50.0 Å². The van der Waals surface area contributed by atoms with Crippen molar-refractivity contribution in [3.63, 3.8) is 0 Å². The fourth-order valence-corrected chi connectivity index (χ4v) is 3.29. The zero-order chi connectivity index (χ0) is 14.3. The fraction of sp³-hybridized carbons (Fsp3) is 0.400. The minimum absolute atomic E-state index is 1.03. The first kappa shape index (κ1) is 14.3. The van der Waals surface area contributed by atoms with Crippen molar-refractivity contribution in [2.24, 2.45) is 5.92 Å². The lowest BCUT2D eigenvalue weighted by Gasteiger charge is -2.38. The highest BCUT2D eigenvalue weighted by Gasteiger charge is 2.24. The summed E-state index contributed by atoms with van der Waals surface area (Å²) in [7, 11) is 0. The highest BCUT2D eigenvalue weighted by Crippen LogP contribution is 2.26. The first-order valence-electron chi connectivity index (χ1n) is 8.20. The van der Waals surface area contributed by atoms with E-state index in [0.29, 0.717) is 0 Å². The summed E-state index contributed by atoms with van der Waals surface area (Å²) >= 11 is 0. The number of hydrogen-bond acceptors (Lipinski definition) is 1. The molecule has 2 aromatic carbocycles. The molecular weight excluding hydrogens is 254 g/mol. The highest BCUT2D eigenvalue weighted by molar-refractivity contribution is 5.25. The maximum Gasteiger partial charge on any atom is -0.00161 e. The third-order valence-corrected chi connectivity index (χ3v) is 4.65. The SMILES string of the molecule is C1CN2CCC1CC2.c1ccc(Cc2ccccc2)cc1. The van der Waals surface area contributed by atoms with Crippen molar-refractivity contribution in [3.05, 3.63) is 71.8 Å². The second-order valence-electron chi connectivity index (χ2n) is 6.22. The molecule has 1 nitrogen and oxygen atoms in total. The number of piperidine rings is 3. The van der Waals surface area contributed by atoms with Crippen molar-refractivity contribution in [1.82, 2.24) is 4.90 Å². The second-order valence-corrected chi connectivity index (χ2v) is 6.22. The van der Waals surface area contributed by atoms with Gasteiger partial charge in [-0.3, -0.25) is 0 Å². The predicted octanol–water partition coefficient (Wildman–Crippen LogP) is 4.38. The molecule has 2 bridgehead atoms. The van der Waals surface area contributed by atoms with Crippen LogP contribution in [0.3, 0.4) is 0 Å². The molecule has 3 heterocycles. The zero-order valence-electron chi connectivity index (χ0n) is 12.7. The molecule has 0 N–H and O–H groups in total. The molecule has 0 spiro atoms. The van der Waals surface area contributed by atoms with E-state index in [-0.39, 0.29) is 0 Å². The molecule has 0 aromatic heterocycles. The van der Waals surface area contributed by atoms with Crippen LogP contribution in [-0.4, -0.2) is 24.5 Å². The van der Waals surface area contributed by atoms with E-state index in [1.807, 2.05) is 0 Å². The van der Waals surface area contributed by atoms with E-state index in [1.54, 1.807) is 0 Å². The van der Waals surface area contributed by atoms with Crippen LogP contribution in [0.5, 0.6) is 0 Å². The van der Waals surface area contributed by atoms with Crippen molar-refractivity contribution in [2.45, 2.75) is 25.7 Å². The van der Waals surface area contributed by atoms with Crippen molar-refractivity contribution in [2.75, 3.05) is 19.6 Å². The third-order valence-electron chi connectivity index (χ3n) is 4.65. The summed E-state index contributed by atoms with van der Waals surface area (Å²) in [6.45, 7) is 4.18. The number of fused-ring (bicyclic) bond motifs is 3. The zero-order valence-corrected chi connectivity index (χ0v) is 12.7. The van der Waals surface area contributed by atoms with Crippen molar-refractivity contribution in [3.8, 4) is 0 Å². The molecule has 3 aliphatic rings. The van der Waals surface area contributed by atoms with Crippen molar-refractivity contribution < 1.29 is 0 Å². The van der Waals surface area contributed by atoms with E-state index in [4.69, 9.17) is 0 Å². The summed E-state index contributed by atoms with van der Waals surface area (Å²) in [5.74, 6) is 1.11. The maximum absolute atomic E-state index is 2.58. The number of hydrogen-bond donors (Lipinski definition) is 0. The summed E-state index contributed by atoms with van der Waals surface area (Å²) in [6.07, 6.45) is 5.49. The second kappa shape index (κ2) is 7.42. The van der Waals surface area contributed by atoms with Crippen LogP contribution in [0.4, 0.5) is 0 Å². The van der Waals surface area contributed by atoms with Crippen molar-refractivity contribution >= 4 is 0 Å². The molecule has 0 unspecified atom stereocenters. The minimum Gasteiger partial charge on any atom is -0.303 e. The van der Waals surface area contributed by atoms with Crippen LogP contribution in [-0.2, 0) is 6.42 Å². The molecule has 0 amide bonds. The normalized spacial score (nSPS) is 23.2. The lowest BCUT2D eigenvalue weighted by Crippen LogP contribution is -2.41. The third kappa shape index (κ3) is 4.44. The maximum atomic E-state index is 2.58. The quantitative estimate of drug-likeness (QED) is 0.788. The van der Waals surface area contributed by atoms with Crippen LogP contribution in [0.25, 0.3) is 0 Å². The topological polar surface area (TPSA) is 3.24 Å². The first-order valence-corrected chi connectivity index (χ1v) is 8.20. The van der Waals surface area contributed by atoms with Gasteiger partial charge in [-0.2, -0.15) is 0 Å². The molecule has 21 heavy (non-hydrogen) atoms. The Hall–Kier alpha value is -1.60. The Labute approximate surface area is 128 Å². The van der Waals surface area contributed by atoms with Gasteiger partial charge < -0.3 is 4.90 Å². The molecule has 2 aromatic rings.